The average Bonchev–Trinajstić information content (AvgIpc) is 3.16. The van der Waals surface area contributed by atoms with E-state index < -0.39 is 63.6 Å². The summed E-state index contributed by atoms with van der Waals surface area (Å²) in [5.74, 6) is -8.58. The van der Waals surface area contributed by atoms with E-state index in [-0.39, 0.29) is 49.4 Å². The van der Waals surface area contributed by atoms with Gasteiger partial charge in [0, 0.05) is 32.7 Å². The molecule has 0 aromatic rings. The van der Waals surface area contributed by atoms with Gasteiger partial charge in [-0.3, -0.25) is 28.8 Å². The summed E-state index contributed by atoms with van der Waals surface area (Å²) in [5.41, 5.74) is 2.81. The van der Waals surface area contributed by atoms with Gasteiger partial charge in [-0.05, 0) is 82.1 Å². The molecule has 0 bridgehead atoms. The molecule has 356 valence electrons. The van der Waals surface area contributed by atoms with Gasteiger partial charge >= 0.3 is 5.97 Å². The number of nitrogens with one attached hydrogen (secondary N) is 5. The van der Waals surface area contributed by atoms with Gasteiger partial charge in [-0.15, -0.1) is 0 Å². The lowest BCUT2D eigenvalue weighted by Crippen LogP contribution is -2.54. The van der Waals surface area contributed by atoms with E-state index in [1.165, 1.54) is 25.7 Å². The molecule has 0 aliphatic rings. The van der Waals surface area contributed by atoms with Crippen molar-refractivity contribution in [2.75, 3.05) is 39.3 Å². The van der Waals surface area contributed by atoms with Crippen LogP contribution in [0.5, 0.6) is 0 Å². The van der Waals surface area contributed by atoms with E-state index in [1.807, 2.05) is 41.5 Å². The second-order valence-electron chi connectivity index (χ2n) is 19.7. The topological polar surface area (TPSA) is 209 Å². The smallest absolute Gasteiger partial charge is 0.307 e. The van der Waals surface area contributed by atoms with Crippen molar-refractivity contribution in [1.29, 1.82) is 0 Å². The summed E-state index contributed by atoms with van der Waals surface area (Å²) in [6.45, 7) is 24.9. The zero-order chi connectivity index (χ0) is 46.8. The molecule has 6 atom stereocenters. The van der Waals surface area contributed by atoms with Crippen molar-refractivity contribution in [2.24, 2.45) is 57.5 Å². The van der Waals surface area contributed by atoms with Crippen molar-refractivity contribution in [2.45, 2.75) is 179 Å². The van der Waals surface area contributed by atoms with Crippen LogP contribution in [0.3, 0.4) is 0 Å². The number of hydrogen-bond donors (Lipinski definition) is 7. The first-order valence-electron chi connectivity index (χ1n) is 23.9. The van der Waals surface area contributed by atoms with Crippen LogP contribution < -0.4 is 32.3 Å². The summed E-state index contributed by atoms with van der Waals surface area (Å²) in [5, 5.41) is 25.7. The van der Waals surface area contributed by atoms with Gasteiger partial charge in [0.2, 0.25) is 29.5 Å². The number of hydrogen-bond acceptors (Lipinski definition) is 7. The highest BCUT2D eigenvalue weighted by Gasteiger charge is 2.53. The van der Waals surface area contributed by atoms with Crippen molar-refractivity contribution < 1.29 is 33.9 Å². The highest BCUT2D eigenvalue weighted by Crippen LogP contribution is 2.49. The lowest BCUT2D eigenvalue weighted by Gasteiger charge is -2.45. The maximum absolute atomic E-state index is 14.8. The molecule has 8 N–H and O–H groups in total. The summed E-state index contributed by atoms with van der Waals surface area (Å²) in [6, 6.07) is 0. The first-order valence-corrected chi connectivity index (χ1v) is 23.9. The number of carbonyl (C=O) groups is 6. The van der Waals surface area contributed by atoms with Crippen LogP contribution >= 0.6 is 0 Å². The fourth-order valence-corrected chi connectivity index (χ4v) is 9.44. The highest BCUT2D eigenvalue weighted by atomic mass is 16.4. The molecule has 0 aromatic heterocycles. The van der Waals surface area contributed by atoms with Gasteiger partial charge in [0.25, 0.3) is 0 Å². The Labute approximate surface area is 371 Å². The maximum Gasteiger partial charge on any atom is 0.307 e. The Balaban J connectivity index is 7.37. The number of carboxylic acid groups (broad SMARTS) is 1. The summed E-state index contributed by atoms with van der Waals surface area (Å²) in [7, 11) is 0. The van der Waals surface area contributed by atoms with Crippen molar-refractivity contribution in [1.82, 2.24) is 26.6 Å². The molecule has 0 saturated carbocycles. The Kier molecular flexibility index (Phi) is 28.4. The average molecular weight is 865 g/mol. The third kappa shape index (κ3) is 20.7. The zero-order valence-corrected chi connectivity index (χ0v) is 40.8. The molecule has 0 fully saturated rings. The summed E-state index contributed by atoms with van der Waals surface area (Å²) >= 11 is 0. The molecule has 5 amide bonds. The minimum Gasteiger partial charge on any atom is -0.481 e. The number of unbranched alkanes of at least 4 members (excludes halogenated alkanes) is 10. The lowest BCUT2D eigenvalue weighted by molar-refractivity contribution is -0.155. The van der Waals surface area contributed by atoms with E-state index in [9.17, 15) is 33.9 Å². The van der Waals surface area contributed by atoms with Crippen LogP contribution in [0.15, 0.2) is 0 Å². The second-order valence-corrected chi connectivity index (χ2v) is 19.7. The van der Waals surface area contributed by atoms with Gasteiger partial charge in [0.1, 0.15) is 0 Å². The molecule has 0 rings (SSSR count). The number of nitrogens with two attached hydrogens (primary N) is 1. The molecule has 61 heavy (non-hydrogen) atoms. The molecule has 0 aliphatic carbocycles. The summed E-state index contributed by atoms with van der Waals surface area (Å²) in [6.07, 6.45) is 12.6. The molecule has 13 heteroatoms. The van der Waals surface area contributed by atoms with Crippen molar-refractivity contribution >= 4 is 35.5 Å². The normalized spacial score (nSPS) is 15.1. The fourth-order valence-electron chi connectivity index (χ4n) is 9.44. The molecule has 0 aliphatic heterocycles. The van der Waals surface area contributed by atoms with Crippen LogP contribution in [0.25, 0.3) is 0 Å². The minimum atomic E-state index is -1.17. The zero-order valence-electron chi connectivity index (χ0n) is 40.8. The lowest BCUT2D eigenvalue weighted by atomic mass is 9.58. The van der Waals surface area contributed by atoms with Crippen LogP contribution in [0.1, 0.15) is 179 Å². The van der Waals surface area contributed by atoms with E-state index in [0.717, 1.165) is 51.4 Å². The quantitative estimate of drug-likeness (QED) is 0.0325. The molecular weight excluding hydrogens is 773 g/mol. The summed E-state index contributed by atoms with van der Waals surface area (Å²) in [4.78, 5) is 84.3. The van der Waals surface area contributed by atoms with Crippen LogP contribution in [0, 0.1) is 51.8 Å². The maximum atomic E-state index is 14.8. The first-order chi connectivity index (χ1) is 28.6. The third-order valence-electron chi connectivity index (χ3n) is 12.4. The Morgan fingerprint density at radius 2 is 0.820 bits per heavy atom. The van der Waals surface area contributed by atoms with Crippen molar-refractivity contribution in [3.05, 3.63) is 0 Å². The Morgan fingerprint density at radius 1 is 0.459 bits per heavy atom. The Morgan fingerprint density at radius 3 is 1.20 bits per heavy atom. The molecule has 0 saturated heterocycles. The predicted molar refractivity (Wildman–Crippen MR) is 247 cm³/mol. The van der Waals surface area contributed by atoms with Gasteiger partial charge in [-0.25, -0.2) is 0 Å². The van der Waals surface area contributed by atoms with Crippen molar-refractivity contribution in [3.63, 3.8) is 0 Å². The number of carboxylic acids is 1. The highest BCUT2D eigenvalue weighted by molar-refractivity contribution is 5.90. The van der Waals surface area contributed by atoms with Crippen molar-refractivity contribution in [3.8, 4) is 0 Å². The van der Waals surface area contributed by atoms with Crippen LogP contribution in [0.4, 0.5) is 0 Å². The van der Waals surface area contributed by atoms with E-state index >= 15 is 0 Å². The van der Waals surface area contributed by atoms with E-state index in [2.05, 4.69) is 33.5 Å². The number of amides is 5. The monoisotopic (exact) mass is 865 g/mol. The third-order valence-corrected chi connectivity index (χ3v) is 12.4. The molecule has 0 aromatic carbocycles. The SMILES string of the molecule is CCCCCCCCCNC(=O)C(C(CC(C)(C)C(C(=O)NCCCCCCCN)C(CC(C)(C)C(C(=O)O)C(CC)C(=O)NCC)C(=O)NCC)C(=O)NCC)C(C)(C)C. The second kappa shape index (κ2) is 30.0. The van der Waals surface area contributed by atoms with E-state index in [1.54, 1.807) is 34.6 Å². The van der Waals surface area contributed by atoms with Gasteiger partial charge in [0.15, 0.2) is 0 Å². The van der Waals surface area contributed by atoms with Gasteiger partial charge in [-0.1, -0.05) is 120 Å². The number of rotatable bonds is 34. The summed E-state index contributed by atoms with van der Waals surface area (Å²) < 4.78 is 0. The van der Waals surface area contributed by atoms with Crippen LogP contribution in [-0.4, -0.2) is 79.9 Å². The standard InChI is InChI=1S/C48H92N6O7/c1-13-18-19-20-21-24-27-30-53-43(58)37(46(6,7)8)35(41(56)51-16-4)32-47(9,10)38(44(59)54-31-28-25-22-23-26-29-49)36(42(57)52-17-5)33-48(11,12)39(45(60)61)34(14-2)40(55)50-15-3/h34-39H,13-33,49H2,1-12H3,(H,50,55)(H,51,56)(H,52,57)(H,53,58)(H,54,59)(H,60,61). The molecule has 6 unspecified atom stereocenters. The van der Waals surface area contributed by atoms with Gasteiger partial charge in [-0.2, -0.15) is 0 Å². The van der Waals surface area contributed by atoms with Crippen LogP contribution in [0.2, 0.25) is 0 Å². The molecule has 0 radical (unpaired) electrons. The Hall–Kier alpha value is -3.22. The molecule has 0 heterocycles. The van der Waals surface area contributed by atoms with E-state index in [0.29, 0.717) is 32.7 Å². The van der Waals surface area contributed by atoms with Gasteiger partial charge in [0.05, 0.1) is 35.5 Å². The van der Waals surface area contributed by atoms with E-state index in [4.69, 9.17) is 5.73 Å². The largest absolute Gasteiger partial charge is 0.481 e. The van der Waals surface area contributed by atoms with Crippen LogP contribution in [-0.2, 0) is 28.8 Å². The van der Waals surface area contributed by atoms with Gasteiger partial charge < -0.3 is 37.4 Å². The minimum absolute atomic E-state index is 0.0280. The number of aliphatic carboxylic acids is 1. The number of carbonyl (C=O) groups excluding carboxylic acids is 5. The molecule has 0 spiro atoms. The predicted octanol–water partition coefficient (Wildman–Crippen LogP) is 7.36. The fraction of sp³-hybridized carbons (Fsp3) is 0.875. The Bertz CT molecular complexity index is 1310. The first kappa shape index (κ1) is 57.8. The molecular formula is C48H92N6O7. The molecule has 13 nitrogen and oxygen atoms in total.